The Hall–Kier alpha value is -3.79. The topological polar surface area (TPSA) is 166 Å². The molecule has 48 heavy (non-hydrogen) atoms. The summed E-state index contributed by atoms with van der Waals surface area (Å²) in [5.41, 5.74) is 1.21. The number of amides is 1. The van der Waals surface area contributed by atoms with Crippen LogP contribution in [0.3, 0.4) is 0 Å². The van der Waals surface area contributed by atoms with Crippen molar-refractivity contribution >= 4 is 16.1 Å². The van der Waals surface area contributed by atoms with Crippen LogP contribution in [0.4, 0.5) is 4.79 Å². The summed E-state index contributed by atoms with van der Waals surface area (Å²) in [4.78, 5) is 17.5. The molecular formula is C34H43N3O10S. The minimum atomic E-state index is -4.10. The average molecular weight is 686 g/mol. The molecule has 2 aromatic carbocycles. The SMILES string of the molecule is COc1ccc(S(=O)(=O)N(CC(C)C)C[C@@H](O)[C@@H](NC(=O)O[C@H]2CO[C@H]3OCC[C@H]32)C(O)c2ccc(OCc3ccccc3)nc2)cc1. The van der Waals surface area contributed by atoms with E-state index in [4.69, 9.17) is 23.7 Å². The highest BCUT2D eigenvalue weighted by Crippen LogP contribution is 2.33. The highest BCUT2D eigenvalue weighted by atomic mass is 32.2. The van der Waals surface area contributed by atoms with E-state index >= 15 is 0 Å². The lowest BCUT2D eigenvalue weighted by Gasteiger charge is -2.33. The van der Waals surface area contributed by atoms with Crippen molar-refractivity contribution in [3.8, 4) is 11.6 Å². The minimum Gasteiger partial charge on any atom is -0.497 e. The number of carbonyl (C=O) groups is 1. The molecule has 260 valence electrons. The maximum absolute atomic E-state index is 13.8. The predicted octanol–water partition coefficient (Wildman–Crippen LogP) is 3.27. The fourth-order valence-electron chi connectivity index (χ4n) is 5.73. The van der Waals surface area contributed by atoms with Crippen LogP contribution in [0.1, 0.15) is 37.5 Å². The van der Waals surface area contributed by atoms with Crippen molar-refractivity contribution in [3.63, 3.8) is 0 Å². The van der Waals surface area contributed by atoms with E-state index in [0.717, 1.165) is 9.87 Å². The van der Waals surface area contributed by atoms with Crippen molar-refractivity contribution < 1.29 is 47.1 Å². The minimum absolute atomic E-state index is 0.00507. The third-order valence-electron chi connectivity index (χ3n) is 8.27. The molecule has 3 aromatic rings. The number of aromatic nitrogens is 1. The molecule has 0 bridgehead atoms. The Labute approximate surface area is 280 Å². The number of ether oxygens (including phenoxy) is 5. The van der Waals surface area contributed by atoms with Crippen LogP contribution in [0.5, 0.6) is 11.6 Å². The second-order valence-corrected chi connectivity index (χ2v) is 14.2. The number of sulfonamides is 1. The highest BCUT2D eigenvalue weighted by Gasteiger charge is 2.44. The number of fused-ring (bicyclic) bond motifs is 1. The standard InChI is InChI=1S/C34H43N3O10S/c1-22(2)18-37(48(41,42)26-12-10-25(43-3)11-13-26)19-28(38)31(36-34(40)47-29-21-46-33-27(29)15-16-44-33)32(39)24-9-14-30(35-17-24)45-20-23-7-5-4-6-8-23/h4-14,17,22,27-29,31-33,38-39H,15-16,18-21H2,1-3H3,(H,36,40)/t27-,28+,29-,31+,32?,33+/m0/s1. The normalized spacial score (nSPS) is 21.0. The van der Waals surface area contributed by atoms with Gasteiger partial charge in [0.15, 0.2) is 6.29 Å². The van der Waals surface area contributed by atoms with Crippen molar-refractivity contribution in [2.45, 2.75) is 62.4 Å². The summed E-state index contributed by atoms with van der Waals surface area (Å²) in [6, 6.07) is 17.2. The monoisotopic (exact) mass is 685 g/mol. The number of methoxy groups -OCH3 is 1. The van der Waals surface area contributed by atoms with Crippen LogP contribution in [0.25, 0.3) is 0 Å². The van der Waals surface area contributed by atoms with Crippen molar-refractivity contribution in [3.05, 3.63) is 84.1 Å². The molecule has 13 nitrogen and oxygen atoms in total. The van der Waals surface area contributed by atoms with Crippen LogP contribution in [-0.2, 0) is 30.8 Å². The highest BCUT2D eigenvalue weighted by molar-refractivity contribution is 7.89. The molecule has 0 saturated carbocycles. The Kier molecular flexibility index (Phi) is 11.9. The van der Waals surface area contributed by atoms with Gasteiger partial charge in [-0.1, -0.05) is 44.2 Å². The number of nitrogens with zero attached hydrogens (tertiary/aromatic N) is 2. The van der Waals surface area contributed by atoms with E-state index in [1.807, 2.05) is 44.2 Å². The lowest BCUT2D eigenvalue weighted by Crippen LogP contribution is -2.53. The first-order valence-electron chi connectivity index (χ1n) is 15.9. The van der Waals surface area contributed by atoms with E-state index in [2.05, 4.69) is 10.3 Å². The predicted molar refractivity (Wildman–Crippen MR) is 174 cm³/mol. The van der Waals surface area contributed by atoms with Gasteiger partial charge >= 0.3 is 6.09 Å². The molecule has 5 rings (SSSR count). The van der Waals surface area contributed by atoms with Gasteiger partial charge < -0.3 is 39.2 Å². The van der Waals surface area contributed by atoms with Gasteiger partial charge in [0.05, 0.1) is 43.3 Å². The lowest BCUT2D eigenvalue weighted by molar-refractivity contribution is -0.0907. The van der Waals surface area contributed by atoms with Gasteiger partial charge in [0.2, 0.25) is 15.9 Å². The first kappa shape index (κ1) is 35.5. The molecule has 0 radical (unpaired) electrons. The first-order chi connectivity index (χ1) is 23.0. The van der Waals surface area contributed by atoms with Gasteiger partial charge in [-0.2, -0.15) is 4.31 Å². The smallest absolute Gasteiger partial charge is 0.407 e. The van der Waals surface area contributed by atoms with Gasteiger partial charge in [-0.15, -0.1) is 0 Å². The molecule has 6 atom stereocenters. The maximum atomic E-state index is 13.8. The summed E-state index contributed by atoms with van der Waals surface area (Å²) in [5.74, 6) is 0.557. The summed E-state index contributed by atoms with van der Waals surface area (Å²) in [7, 11) is -2.62. The van der Waals surface area contributed by atoms with Crippen LogP contribution in [-0.4, -0.2) is 92.0 Å². The fourth-order valence-corrected chi connectivity index (χ4v) is 7.35. The molecule has 1 unspecified atom stereocenters. The number of aliphatic hydroxyl groups is 2. The molecular weight excluding hydrogens is 642 g/mol. The fraction of sp³-hybridized carbons (Fsp3) is 0.471. The number of carbonyl (C=O) groups excluding carboxylic acids is 1. The molecule has 0 aliphatic carbocycles. The summed E-state index contributed by atoms with van der Waals surface area (Å²) < 4.78 is 56.4. The molecule has 1 aromatic heterocycles. The van der Waals surface area contributed by atoms with E-state index in [-0.39, 0.29) is 42.1 Å². The largest absolute Gasteiger partial charge is 0.497 e. The number of alkyl carbamates (subject to hydrolysis) is 1. The Morgan fingerprint density at radius 2 is 1.79 bits per heavy atom. The van der Waals surface area contributed by atoms with Crippen LogP contribution in [0.15, 0.2) is 77.8 Å². The van der Waals surface area contributed by atoms with Gasteiger partial charge in [0.25, 0.3) is 0 Å². The molecule has 2 fully saturated rings. The molecule has 14 heteroatoms. The Morgan fingerprint density at radius 1 is 1.04 bits per heavy atom. The Morgan fingerprint density at radius 3 is 2.46 bits per heavy atom. The van der Waals surface area contributed by atoms with E-state index in [9.17, 15) is 23.4 Å². The summed E-state index contributed by atoms with van der Waals surface area (Å²) >= 11 is 0. The summed E-state index contributed by atoms with van der Waals surface area (Å²) in [6.07, 6.45) is -2.97. The zero-order valence-corrected chi connectivity index (χ0v) is 28.0. The van der Waals surface area contributed by atoms with Gasteiger partial charge in [0.1, 0.15) is 24.6 Å². The molecule has 3 N–H and O–H groups in total. The number of benzene rings is 2. The third kappa shape index (κ3) is 8.81. The number of hydrogen-bond acceptors (Lipinski definition) is 11. The molecule has 3 heterocycles. The first-order valence-corrected chi connectivity index (χ1v) is 17.3. The Balaban J connectivity index is 1.35. The van der Waals surface area contributed by atoms with E-state index < -0.39 is 53.3 Å². The van der Waals surface area contributed by atoms with Crippen molar-refractivity contribution in [1.82, 2.24) is 14.6 Å². The number of pyridine rings is 1. The lowest BCUT2D eigenvalue weighted by atomic mass is 9.98. The number of hydrogen-bond donors (Lipinski definition) is 3. The van der Waals surface area contributed by atoms with Gasteiger partial charge in [-0.05, 0) is 48.2 Å². The second-order valence-electron chi connectivity index (χ2n) is 12.2. The van der Waals surface area contributed by atoms with Crippen LogP contribution in [0.2, 0.25) is 0 Å². The third-order valence-corrected chi connectivity index (χ3v) is 10.1. The number of aliphatic hydroxyl groups excluding tert-OH is 2. The van der Waals surface area contributed by atoms with Crippen LogP contribution >= 0.6 is 0 Å². The summed E-state index contributed by atoms with van der Waals surface area (Å²) in [6.45, 7) is 4.25. The quantitative estimate of drug-likeness (QED) is 0.215. The van der Waals surface area contributed by atoms with Crippen LogP contribution < -0.4 is 14.8 Å². The number of rotatable bonds is 15. The molecule has 2 saturated heterocycles. The Bertz CT molecular complexity index is 1570. The molecule has 0 spiro atoms. The van der Waals surface area contributed by atoms with Gasteiger partial charge in [-0.25, -0.2) is 18.2 Å². The zero-order chi connectivity index (χ0) is 34.3. The van der Waals surface area contributed by atoms with Gasteiger partial charge in [0, 0.05) is 30.9 Å². The van der Waals surface area contributed by atoms with Crippen molar-refractivity contribution in [2.24, 2.45) is 11.8 Å². The summed E-state index contributed by atoms with van der Waals surface area (Å²) in [5, 5.41) is 25.7. The molecule has 1 amide bonds. The van der Waals surface area contributed by atoms with Crippen molar-refractivity contribution in [2.75, 3.05) is 33.4 Å². The second kappa shape index (κ2) is 16.1. The van der Waals surface area contributed by atoms with Crippen molar-refractivity contribution in [1.29, 1.82) is 0 Å². The van der Waals surface area contributed by atoms with E-state index in [1.54, 1.807) is 12.1 Å². The molecule has 2 aliphatic rings. The van der Waals surface area contributed by atoms with Crippen LogP contribution in [0, 0.1) is 11.8 Å². The molecule has 2 aliphatic heterocycles. The maximum Gasteiger partial charge on any atom is 0.407 e. The van der Waals surface area contributed by atoms with E-state index in [1.165, 1.54) is 37.6 Å². The average Bonchev–Trinajstić information content (AvgIpc) is 3.71. The number of nitrogens with one attached hydrogen (secondary N) is 1. The van der Waals surface area contributed by atoms with E-state index in [0.29, 0.717) is 24.7 Å². The van der Waals surface area contributed by atoms with Gasteiger partial charge in [-0.3, -0.25) is 0 Å². The zero-order valence-electron chi connectivity index (χ0n) is 27.2.